The van der Waals surface area contributed by atoms with Gasteiger partial charge in [0.05, 0.1) is 29.0 Å². The second-order valence-corrected chi connectivity index (χ2v) is 13.3. The Kier molecular flexibility index (Phi) is 7.18. The monoisotopic (exact) mass is 613 g/mol. The second kappa shape index (κ2) is 10.9. The van der Waals surface area contributed by atoms with Crippen LogP contribution in [0.4, 0.5) is 10.1 Å². The van der Waals surface area contributed by atoms with E-state index in [1.165, 1.54) is 12.1 Å². The third kappa shape index (κ3) is 6.02. The normalized spacial score (nSPS) is 12.2. The summed E-state index contributed by atoms with van der Waals surface area (Å²) in [6.45, 7) is 5.46. The molecule has 224 valence electrons. The van der Waals surface area contributed by atoms with Crippen molar-refractivity contribution in [3.05, 3.63) is 72.6 Å². The maximum absolute atomic E-state index is 14.6. The predicted octanol–water partition coefficient (Wildman–Crippen LogP) is 4.80. The van der Waals surface area contributed by atoms with Gasteiger partial charge in [0.25, 0.3) is 0 Å². The molecule has 0 fully saturated rings. The smallest absolute Gasteiger partial charge is 0.229 e. The summed E-state index contributed by atoms with van der Waals surface area (Å²) in [5, 5.41) is 10.9. The van der Waals surface area contributed by atoms with Gasteiger partial charge in [-0.05, 0) is 47.5 Å². The van der Waals surface area contributed by atoms with E-state index in [9.17, 15) is 17.6 Å². The third-order valence-electron chi connectivity index (χ3n) is 6.86. The van der Waals surface area contributed by atoms with Crippen molar-refractivity contribution in [2.24, 2.45) is 5.41 Å². The molecule has 0 atom stereocenters. The molecule has 6 rings (SSSR count). The summed E-state index contributed by atoms with van der Waals surface area (Å²) in [6.07, 6.45) is 7.57. The van der Waals surface area contributed by atoms with E-state index in [1.54, 1.807) is 36.9 Å². The van der Waals surface area contributed by atoms with Crippen LogP contribution in [0.15, 0.2) is 61.2 Å². The molecule has 0 saturated heterocycles. The van der Waals surface area contributed by atoms with E-state index in [4.69, 9.17) is 0 Å². The lowest BCUT2D eigenvalue weighted by molar-refractivity contribution is -0.123. The first-order valence-corrected chi connectivity index (χ1v) is 15.4. The summed E-state index contributed by atoms with van der Waals surface area (Å²) in [6, 6.07) is 9.83. The fraction of sp³-hybridized carbons (Fsp3) is 0.200. The van der Waals surface area contributed by atoms with Gasteiger partial charge in [-0.15, -0.1) is 0 Å². The number of carbonyl (C=O) groups is 1. The number of hydrogen-bond acceptors (Lipinski definition) is 8. The summed E-state index contributed by atoms with van der Waals surface area (Å²) in [7, 11) is -3.45. The van der Waals surface area contributed by atoms with E-state index >= 15 is 0 Å². The number of amides is 1. The summed E-state index contributed by atoms with van der Waals surface area (Å²) in [5.41, 5.74) is 5.14. The molecule has 5 heterocycles. The van der Waals surface area contributed by atoms with Crippen LogP contribution in [0.2, 0.25) is 0 Å². The topological polar surface area (TPSA) is 171 Å². The number of anilines is 1. The summed E-state index contributed by atoms with van der Waals surface area (Å²) in [5.74, 6) is -0.187. The number of carbonyl (C=O) groups excluding carboxylic acids is 1. The van der Waals surface area contributed by atoms with Crippen molar-refractivity contribution in [1.82, 2.24) is 39.8 Å². The Labute approximate surface area is 251 Å². The van der Waals surface area contributed by atoms with Crippen molar-refractivity contribution in [1.29, 1.82) is 0 Å². The average Bonchev–Trinajstić information content (AvgIpc) is 3.59. The first-order chi connectivity index (χ1) is 20.8. The molecule has 5 aromatic heterocycles. The number of sulfonamides is 1. The summed E-state index contributed by atoms with van der Waals surface area (Å²) in [4.78, 5) is 33.6. The second-order valence-electron chi connectivity index (χ2n) is 11.4. The highest BCUT2D eigenvalue weighted by Crippen LogP contribution is 2.33. The number of nitrogens with zero attached hydrogens (tertiary/aromatic N) is 5. The van der Waals surface area contributed by atoms with E-state index in [0.29, 0.717) is 56.1 Å². The van der Waals surface area contributed by atoms with E-state index in [1.807, 2.05) is 32.9 Å². The molecule has 14 heteroatoms. The summed E-state index contributed by atoms with van der Waals surface area (Å²) >= 11 is 0. The molecule has 0 aliphatic rings. The lowest BCUT2D eigenvalue weighted by Gasteiger charge is -2.17. The van der Waals surface area contributed by atoms with Gasteiger partial charge in [-0.25, -0.2) is 32.5 Å². The lowest BCUT2D eigenvalue weighted by Crippen LogP contribution is -2.27. The molecular formula is C30H28FN9O3S. The van der Waals surface area contributed by atoms with Gasteiger partial charge in [0.15, 0.2) is 17.1 Å². The zero-order valence-electron chi connectivity index (χ0n) is 24.2. The molecule has 0 aliphatic carbocycles. The van der Waals surface area contributed by atoms with Crippen LogP contribution in [0, 0.1) is 11.2 Å². The Hall–Kier alpha value is -5.08. The lowest BCUT2D eigenvalue weighted by atomic mass is 9.95. The number of H-pyrrole nitrogens is 2. The summed E-state index contributed by atoms with van der Waals surface area (Å²) < 4.78 is 40.1. The number of imidazole rings is 1. The Morgan fingerprint density at radius 2 is 1.77 bits per heavy atom. The Morgan fingerprint density at radius 1 is 0.977 bits per heavy atom. The quantitative estimate of drug-likeness (QED) is 0.199. The standard InChI is InChI=1S/C30H28FN9O3S/c1-30(2,3)29(41)36-21-10-18(13-32-15-21)19-11-23-25(39-40-26(23)34-14-19)28-37-24-22(5-6-33-27(24)38-28)17-7-16(8-20(31)9-17)12-35-44(4,42)43/h5-11,13-15,35H,12H2,1-4H3,(H,36,41)(H,33,37,38)(H,34,39,40). The SMILES string of the molecule is CC(C)(C)C(=O)Nc1cncc(-c2cnc3n[nH]c(-c4nc5nccc(-c6cc(F)cc(CNS(C)(=O)=O)c6)c5[nH]4)c3c2)c1. The van der Waals surface area contributed by atoms with Gasteiger partial charge in [-0.1, -0.05) is 20.8 Å². The minimum atomic E-state index is -3.45. The highest BCUT2D eigenvalue weighted by molar-refractivity contribution is 7.88. The number of pyridine rings is 3. The van der Waals surface area contributed by atoms with E-state index in [0.717, 1.165) is 17.4 Å². The van der Waals surface area contributed by atoms with Crippen LogP contribution in [-0.2, 0) is 21.4 Å². The molecule has 4 N–H and O–H groups in total. The van der Waals surface area contributed by atoms with Gasteiger partial charge in [0.1, 0.15) is 11.5 Å². The fourth-order valence-corrected chi connectivity index (χ4v) is 5.04. The number of rotatable bonds is 7. The molecule has 1 amide bonds. The van der Waals surface area contributed by atoms with Crippen LogP contribution in [0.5, 0.6) is 0 Å². The number of aromatic nitrogens is 7. The average molecular weight is 614 g/mol. The molecule has 1 aromatic carbocycles. The van der Waals surface area contributed by atoms with Crippen molar-refractivity contribution in [3.8, 4) is 33.8 Å². The maximum Gasteiger partial charge on any atom is 0.229 e. The number of benzene rings is 1. The van der Waals surface area contributed by atoms with E-state index < -0.39 is 21.3 Å². The van der Waals surface area contributed by atoms with Crippen molar-refractivity contribution < 1.29 is 17.6 Å². The number of fused-ring (bicyclic) bond motifs is 2. The van der Waals surface area contributed by atoms with Crippen LogP contribution < -0.4 is 10.0 Å². The molecule has 0 spiro atoms. The minimum Gasteiger partial charge on any atom is -0.335 e. The molecule has 0 aliphatic heterocycles. The van der Waals surface area contributed by atoms with Crippen LogP contribution >= 0.6 is 0 Å². The van der Waals surface area contributed by atoms with Gasteiger partial charge in [-0.3, -0.25) is 14.9 Å². The Morgan fingerprint density at radius 3 is 2.55 bits per heavy atom. The van der Waals surface area contributed by atoms with Crippen molar-refractivity contribution in [2.75, 3.05) is 11.6 Å². The fourth-order valence-electron chi connectivity index (χ4n) is 4.62. The minimum absolute atomic E-state index is 0.0527. The highest BCUT2D eigenvalue weighted by Gasteiger charge is 2.22. The first kappa shape index (κ1) is 29.0. The van der Waals surface area contributed by atoms with Crippen LogP contribution in [0.3, 0.4) is 0 Å². The number of hydrogen-bond donors (Lipinski definition) is 4. The van der Waals surface area contributed by atoms with Crippen molar-refractivity contribution in [2.45, 2.75) is 27.3 Å². The number of halogens is 1. The number of aromatic amines is 2. The van der Waals surface area contributed by atoms with Crippen molar-refractivity contribution in [3.63, 3.8) is 0 Å². The van der Waals surface area contributed by atoms with Crippen LogP contribution in [0.1, 0.15) is 26.3 Å². The predicted molar refractivity (Wildman–Crippen MR) is 165 cm³/mol. The molecule has 0 bridgehead atoms. The molecule has 44 heavy (non-hydrogen) atoms. The molecule has 12 nitrogen and oxygen atoms in total. The van der Waals surface area contributed by atoms with Crippen molar-refractivity contribution >= 4 is 43.8 Å². The molecule has 0 unspecified atom stereocenters. The number of nitrogens with one attached hydrogen (secondary N) is 4. The zero-order valence-corrected chi connectivity index (χ0v) is 25.0. The van der Waals surface area contributed by atoms with Crippen LogP contribution in [0.25, 0.3) is 56.0 Å². The Balaban J connectivity index is 1.37. The molecular weight excluding hydrogens is 585 g/mol. The zero-order chi connectivity index (χ0) is 31.2. The molecule has 0 radical (unpaired) electrons. The highest BCUT2D eigenvalue weighted by atomic mass is 32.2. The van der Waals surface area contributed by atoms with Gasteiger partial charge < -0.3 is 10.3 Å². The van der Waals surface area contributed by atoms with Gasteiger partial charge in [-0.2, -0.15) is 5.10 Å². The first-order valence-electron chi connectivity index (χ1n) is 13.5. The molecule has 0 saturated carbocycles. The maximum atomic E-state index is 14.6. The Bertz CT molecular complexity index is 2170. The third-order valence-corrected chi connectivity index (χ3v) is 7.52. The van der Waals surface area contributed by atoms with Gasteiger partial charge in [0.2, 0.25) is 15.9 Å². The van der Waals surface area contributed by atoms with Crippen LogP contribution in [-0.4, -0.2) is 55.7 Å². The van der Waals surface area contributed by atoms with Gasteiger partial charge in [0, 0.05) is 47.2 Å². The van der Waals surface area contributed by atoms with E-state index in [-0.39, 0.29) is 12.5 Å². The molecule has 6 aromatic rings. The largest absolute Gasteiger partial charge is 0.335 e. The van der Waals surface area contributed by atoms with E-state index in [2.05, 4.69) is 45.2 Å². The van der Waals surface area contributed by atoms with Gasteiger partial charge >= 0.3 is 0 Å².